The van der Waals surface area contributed by atoms with Crippen LogP contribution in [0.1, 0.15) is 0 Å². The van der Waals surface area contributed by atoms with E-state index in [1.165, 1.54) is 25.3 Å². The molecule has 272 valence electrons. The first-order valence-electron chi connectivity index (χ1n) is 14.7. The largest absolute Gasteiger partial charge is 1.00 e. The molecule has 0 aliphatic rings. The van der Waals surface area contributed by atoms with E-state index in [2.05, 4.69) is 25.8 Å². The Morgan fingerprint density at radius 1 is 0.643 bits per heavy atom. The minimum absolute atomic E-state index is 0. The second-order valence-corrected chi connectivity index (χ2v) is 15.6. The summed E-state index contributed by atoms with van der Waals surface area (Å²) in [6, 6.07) is 21.9. The van der Waals surface area contributed by atoms with Gasteiger partial charge >= 0.3 is 88.7 Å². The Kier molecular flexibility index (Phi) is 16.2. The number of methoxy groups -OCH3 is 1. The number of anilines is 2. The van der Waals surface area contributed by atoms with Crippen molar-refractivity contribution >= 4 is 97.6 Å². The molecule has 6 aromatic carbocycles. The Morgan fingerprint density at radius 3 is 1.91 bits per heavy atom. The van der Waals surface area contributed by atoms with Crippen LogP contribution in [0.2, 0.25) is 5.02 Å². The van der Waals surface area contributed by atoms with Gasteiger partial charge in [-0.15, -0.1) is 20.5 Å². The zero-order chi connectivity index (χ0) is 38.3. The number of azo groups is 2. The second-order valence-electron chi connectivity index (χ2n) is 11.0. The van der Waals surface area contributed by atoms with Gasteiger partial charge in [0, 0.05) is 33.2 Å². The summed E-state index contributed by atoms with van der Waals surface area (Å²) in [6.07, 6.45) is 0. The molecule has 0 aliphatic heterocycles. The molecule has 23 heteroatoms. The summed E-state index contributed by atoms with van der Waals surface area (Å²) in [5.41, 5.74) is -0.390. The van der Waals surface area contributed by atoms with Crippen LogP contribution in [0.4, 0.5) is 34.1 Å². The quantitative estimate of drug-likeness (QED) is 0.0894. The third-order valence-corrected chi connectivity index (χ3v) is 10.4. The third-order valence-electron chi connectivity index (χ3n) is 7.61. The number of benzene rings is 6. The number of hydrogen-bond acceptors (Lipinski definition) is 15. The summed E-state index contributed by atoms with van der Waals surface area (Å²) in [6.45, 7) is 0. The van der Waals surface area contributed by atoms with E-state index in [0.29, 0.717) is 11.4 Å². The van der Waals surface area contributed by atoms with Gasteiger partial charge in [0.25, 0.3) is 10.1 Å². The molecule has 0 atom stereocenters. The van der Waals surface area contributed by atoms with E-state index in [9.17, 15) is 44.0 Å². The molecule has 0 fully saturated rings. The molecule has 0 radical (unpaired) electrons. The van der Waals surface area contributed by atoms with Crippen molar-refractivity contribution in [3.8, 4) is 11.5 Å². The van der Waals surface area contributed by atoms with Crippen molar-refractivity contribution < 1.29 is 137 Å². The SMILES string of the molecule is COc1cc(N=Nc2ccc(Cl)cc2S(=O)(=O)[O-])c2cc(S(=O)(=O)[O-])ccc2c1N=Nc1c(S(=O)(=O)O)cc2cc(Nc3ccccc3)ccc2c1[O-].[Na+].[Na+].[Na+]. The zero-order valence-electron chi connectivity index (χ0n) is 29.7. The minimum atomic E-state index is -5.08. The number of fused-ring (bicyclic) bond motifs is 2. The summed E-state index contributed by atoms with van der Waals surface area (Å²) in [7, 11) is -14.0. The summed E-state index contributed by atoms with van der Waals surface area (Å²) >= 11 is 5.85. The van der Waals surface area contributed by atoms with Gasteiger partial charge in [0.15, 0.2) is 0 Å². The summed E-state index contributed by atoms with van der Waals surface area (Å²) in [5.74, 6) is -1.07. The number of halogens is 1. The van der Waals surface area contributed by atoms with E-state index in [1.54, 1.807) is 30.3 Å². The minimum Gasteiger partial charge on any atom is -0.871 e. The predicted octanol–water partition coefficient (Wildman–Crippen LogP) is -1.63. The Bertz CT molecular complexity index is 2870. The van der Waals surface area contributed by atoms with Gasteiger partial charge in [-0.05, 0) is 71.4 Å². The van der Waals surface area contributed by atoms with Crippen LogP contribution < -0.4 is 104 Å². The molecule has 16 nitrogen and oxygen atoms in total. The van der Waals surface area contributed by atoms with Gasteiger partial charge in [-0.1, -0.05) is 47.7 Å². The Balaban J connectivity index is 0.00000280. The van der Waals surface area contributed by atoms with E-state index in [1.807, 2.05) is 6.07 Å². The molecule has 6 rings (SSSR count). The zero-order valence-corrected chi connectivity index (χ0v) is 38.9. The van der Waals surface area contributed by atoms with Crippen molar-refractivity contribution in [2.24, 2.45) is 20.5 Å². The fraction of sp³-hybridized carbons (Fsp3) is 0.0303. The summed E-state index contributed by atoms with van der Waals surface area (Å²) in [5, 5.41) is 32.6. The first-order valence-corrected chi connectivity index (χ1v) is 19.3. The maximum absolute atomic E-state index is 13.7. The van der Waals surface area contributed by atoms with Gasteiger partial charge in [-0.2, -0.15) is 8.42 Å². The van der Waals surface area contributed by atoms with Crippen LogP contribution in [0, 0.1) is 0 Å². The molecule has 0 aromatic heterocycles. The van der Waals surface area contributed by atoms with Gasteiger partial charge in [0.05, 0.1) is 28.3 Å². The van der Waals surface area contributed by atoms with Crippen molar-refractivity contribution in [2.75, 3.05) is 12.4 Å². The molecule has 0 amide bonds. The van der Waals surface area contributed by atoms with Crippen molar-refractivity contribution in [3.05, 3.63) is 102 Å². The van der Waals surface area contributed by atoms with Crippen LogP contribution in [0.3, 0.4) is 0 Å². The number of ether oxygens (including phenoxy) is 1. The predicted molar refractivity (Wildman–Crippen MR) is 189 cm³/mol. The van der Waals surface area contributed by atoms with Gasteiger partial charge in [-0.25, -0.2) is 16.8 Å². The maximum Gasteiger partial charge on any atom is 1.00 e. The fourth-order valence-corrected chi connectivity index (χ4v) is 7.24. The van der Waals surface area contributed by atoms with Crippen LogP contribution in [0.25, 0.3) is 21.5 Å². The molecule has 0 heterocycles. The molecule has 6 aromatic rings. The molecular formula is C33H21ClN5Na3O11S3. The molecular weight excluding hydrogens is 843 g/mol. The van der Waals surface area contributed by atoms with Crippen molar-refractivity contribution in [3.63, 3.8) is 0 Å². The Labute approximate surface area is 391 Å². The maximum atomic E-state index is 13.7. The summed E-state index contributed by atoms with van der Waals surface area (Å²) in [4.78, 5) is -2.38. The van der Waals surface area contributed by atoms with E-state index in [0.717, 1.165) is 42.5 Å². The number of rotatable bonds is 10. The van der Waals surface area contributed by atoms with Crippen LogP contribution >= 0.6 is 11.6 Å². The number of para-hydroxylation sites is 1. The first-order chi connectivity index (χ1) is 24.9. The second kappa shape index (κ2) is 19.0. The normalized spacial score (nSPS) is 11.9. The number of hydrogen-bond donors (Lipinski definition) is 2. The van der Waals surface area contributed by atoms with E-state index >= 15 is 0 Å². The van der Waals surface area contributed by atoms with Crippen LogP contribution in [-0.4, -0.2) is 46.0 Å². The standard InChI is InChI=1S/C33H24ClN5O11S3.3Na/c1-50-28-17-27(37-36-26-12-7-19(34)15-29(26)52(44,45)46)25-16-22(51(41,42)43)9-11-24(25)31(28)38-39-32-30(53(47,48)49)14-18-13-21(8-10-23(18)33(32)40)35-20-5-3-2-4-6-20;;;/h2-17,35,40H,1H3,(H,41,42,43)(H,44,45,46)(H,47,48,49);;;/q;3*+1/p-3. The Hall–Kier alpha value is -2.54. The van der Waals surface area contributed by atoms with Crippen LogP contribution in [0.5, 0.6) is 11.5 Å². The molecule has 0 aliphatic carbocycles. The fourth-order valence-electron chi connectivity index (χ4n) is 5.22. The van der Waals surface area contributed by atoms with E-state index in [4.69, 9.17) is 16.3 Å². The van der Waals surface area contributed by atoms with Crippen molar-refractivity contribution in [1.82, 2.24) is 0 Å². The average Bonchev–Trinajstić information content (AvgIpc) is 3.09. The molecule has 2 N–H and O–H groups in total. The summed E-state index contributed by atoms with van der Waals surface area (Å²) < 4.78 is 112. The van der Waals surface area contributed by atoms with Crippen LogP contribution in [0.15, 0.2) is 132 Å². The molecule has 56 heavy (non-hydrogen) atoms. The van der Waals surface area contributed by atoms with Gasteiger partial charge < -0.3 is 24.3 Å². The van der Waals surface area contributed by atoms with Gasteiger partial charge in [0.1, 0.15) is 42.3 Å². The topological polar surface area (TPSA) is 263 Å². The molecule has 0 spiro atoms. The molecule has 0 saturated carbocycles. The molecule has 0 unspecified atom stereocenters. The smallest absolute Gasteiger partial charge is 0.871 e. The van der Waals surface area contributed by atoms with Gasteiger partial charge in [-0.3, -0.25) is 4.55 Å². The number of nitrogens with one attached hydrogen (secondary N) is 1. The first kappa shape index (κ1) is 47.8. The monoisotopic (exact) mass is 863 g/mol. The van der Waals surface area contributed by atoms with E-state index in [-0.39, 0.29) is 132 Å². The molecule has 0 bridgehead atoms. The van der Waals surface area contributed by atoms with Crippen molar-refractivity contribution in [1.29, 1.82) is 0 Å². The average molecular weight is 864 g/mol. The Morgan fingerprint density at radius 2 is 1.29 bits per heavy atom. The van der Waals surface area contributed by atoms with Gasteiger partial charge in [0.2, 0.25) is 0 Å². The van der Waals surface area contributed by atoms with E-state index < -0.39 is 62.2 Å². The van der Waals surface area contributed by atoms with Crippen molar-refractivity contribution in [2.45, 2.75) is 14.7 Å². The van der Waals surface area contributed by atoms with Crippen LogP contribution in [-0.2, 0) is 30.4 Å². The third kappa shape index (κ3) is 10.7. The number of nitrogens with zero attached hydrogens (tertiary/aromatic N) is 4. The molecule has 0 saturated heterocycles.